The van der Waals surface area contributed by atoms with E-state index in [1.807, 2.05) is 19.1 Å². The van der Waals surface area contributed by atoms with Crippen molar-refractivity contribution < 1.29 is 14.5 Å². The van der Waals surface area contributed by atoms with Crippen molar-refractivity contribution in [2.75, 3.05) is 16.8 Å². The molecule has 1 heterocycles. The molecular formula is C21H21N3O4. The minimum atomic E-state index is -0.469. The molecule has 3 rings (SSSR count). The molecule has 0 aromatic heterocycles. The van der Waals surface area contributed by atoms with Gasteiger partial charge in [-0.2, -0.15) is 0 Å². The number of amides is 2. The number of nitro groups is 1. The van der Waals surface area contributed by atoms with Gasteiger partial charge in [0.2, 0.25) is 11.8 Å². The van der Waals surface area contributed by atoms with Crippen molar-refractivity contribution in [1.82, 2.24) is 0 Å². The third-order valence-corrected chi connectivity index (χ3v) is 4.61. The van der Waals surface area contributed by atoms with E-state index in [4.69, 9.17) is 0 Å². The lowest BCUT2D eigenvalue weighted by atomic mass is 10.1. The Morgan fingerprint density at radius 1 is 1.18 bits per heavy atom. The van der Waals surface area contributed by atoms with Crippen molar-refractivity contribution in [3.63, 3.8) is 0 Å². The summed E-state index contributed by atoms with van der Waals surface area (Å²) >= 11 is 0. The van der Waals surface area contributed by atoms with Gasteiger partial charge in [0.25, 0.3) is 5.69 Å². The van der Waals surface area contributed by atoms with E-state index in [0.29, 0.717) is 17.7 Å². The zero-order valence-electron chi connectivity index (χ0n) is 15.6. The number of carbonyl (C=O) groups excluding carboxylic acids is 2. The molecule has 0 radical (unpaired) electrons. The van der Waals surface area contributed by atoms with Gasteiger partial charge in [0, 0.05) is 42.5 Å². The van der Waals surface area contributed by atoms with Crippen LogP contribution in [-0.2, 0) is 9.59 Å². The van der Waals surface area contributed by atoms with Crippen LogP contribution in [0, 0.1) is 17.0 Å². The first-order valence-corrected chi connectivity index (χ1v) is 9.08. The van der Waals surface area contributed by atoms with Crippen LogP contribution in [0.25, 0.3) is 6.08 Å². The molecule has 0 spiro atoms. The number of rotatable bonds is 5. The fourth-order valence-corrected chi connectivity index (χ4v) is 3.16. The maximum absolute atomic E-state index is 12.1. The number of piperidine rings is 1. The van der Waals surface area contributed by atoms with E-state index in [0.717, 1.165) is 30.6 Å². The number of benzene rings is 2. The molecular weight excluding hydrogens is 358 g/mol. The molecule has 0 aliphatic carbocycles. The molecule has 7 nitrogen and oxygen atoms in total. The minimum absolute atomic E-state index is 0.00403. The molecule has 2 amide bonds. The van der Waals surface area contributed by atoms with Crippen molar-refractivity contribution in [2.45, 2.75) is 26.2 Å². The first-order valence-electron chi connectivity index (χ1n) is 9.08. The van der Waals surface area contributed by atoms with Crippen LogP contribution in [0.3, 0.4) is 0 Å². The Balaban J connectivity index is 1.64. The van der Waals surface area contributed by atoms with Gasteiger partial charge in [-0.3, -0.25) is 19.7 Å². The molecule has 2 aromatic carbocycles. The molecule has 144 valence electrons. The van der Waals surface area contributed by atoms with Crippen LogP contribution in [0.4, 0.5) is 17.1 Å². The van der Waals surface area contributed by atoms with Gasteiger partial charge in [0.15, 0.2) is 0 Å². The number of hydrogen-bond acceptors (Lipinski definition) is 4. The van der Waals surface area contributed by atoms with Gasteiger partial charge in [-0.15, -0.1) is 0 Å². The maximum Gasteiger partial charge on any atom is 0.269 e. The molecule has 1 aliphatic rings. The average Bonchev–Trinajstić information content (AvgIpc) is 2.68. The molecule has 0 bridgehead atoms. The van der Waals surface area contributed by atoms with E-state index >= 15 is 0 Å². The standard InChI is InChI=1S/C21H21N3O4/c1-15-14-17(8-11-19(15)23-13-3-2-4-21(23)26)22-20(25)12-7-16-5-9-18(10-6-16)24(27)28/h5-12,14H,2-4,13H2,1H3,(H,22,25)/b12-7+. The summed E-state index contributed by atoms with van der Waals surface area (Å²) in [5, 5.41) is 13.4. The van der Waals surface area contributed by atoms with E-state index < -0.39 is 4.92 Å². The number of aryl methyl sites for hydroxylation is 1. The van der Waals surface area contributed by atoms with Crippen LogP contribution in [0.2, 0.25) is 0 Å². The van der Waals surface area contributed by atoms with Crippen molar-refractivity contribution >= 4 is 35.0 Å². The Labute approximate surface area is 162 Å². The zero-order chi connectivity index (χ0) is 20.1. The average molecular weight is 379 g/mol. The second kappa shape index (κ2) is 8.47. The van der Waals surface area contributed by atoms with Crippen LogP contribution < -0.4 is 10.2 Å². The Morgan fingerprint density at radius 2 is 1.93 bits per heavy atom. The lowest BCUT2D eigenvalue weighted by Crippen LogP contribution is -2.35. The Bertz CT molecular complexity index is 935. The van der Waals surface area contributed by atoms with Gasteiger partial charge in [-0.1, -0.05) is 0 Å². The number of non-ortho nitro benzene ring substituents is 1. The number of nitrogens with one attached hydrogen (secondary N) is 1. The zero-order valence-corrected chi connectivity index (χ0v) is 15.6. The van der Waals surface area contributed by atoms with Crippen LogP contribution in [0.15, 0.2) is 48.5 Å². The third-order valence-electron chi connectivity index (χ3n) is 4.61. The van der Waals surface area contributed by atoms with E-state index in [1.54, 1.807) is 29.2 Å². The SMILES string of the molecule is Cc1cc(NC(=O)/C=C/c2ccc([N+](=O)[O-])cc2)ccc1N1CCCCC1=O. The molecule has 28 heavy (non-hydrogen) atoms. The molecule has 0 atom stereocenters. The molecule has 1 fully saturated rings. The highest BCUT2D eigenvalue weighted by Gasteiger charge is 2.21. The summed E-state index contributed by atoms with van der Waals surface area (Å²) in [6.07, 6.45) is 5.47. The summed E-state index contributed by atoms with van der Waals surface area (Å²) in [4.78, 5) is 36.2. The van der Waals surface area contributed by atoms with Gasteiger partial charge < -0.3 is 10.2 Å². The Hall–Kier alpha value is -3.48. The highest BCUT2D eigenvalue weighted by atomic mass is 16.6. The number of nitrogens with zero attached hydrogens (tertiary/aromatic N) is 2. The van der Waals surface area contributed by atoms with Gasteiger partial charge in [0.1, 0.15) is 0 Å². The number of hydrogen-bond donors (Lipinski definition) is 1. The van der Waals surface area contributed by atoms with Gasteiger partial charge in [0.05, 0.1) is 4.92 Å². The smallest absolute Gasteiger partial charge is 0.269 e. The fourth-order valence-electron chi connectivity index (χ4n) is 3.16. The summed E-state index contributed by atoms with van der Waals surface area (Å²) in [5.41, 5.74) is 3.14. The number of carbonyl (C=O) groups is 2. The highest BCUT2D eigenvalue weighted by Crippen LogP contribution is 2.27. The summed E-state index contributed by atoms with van der Waals surface area (Å²) in [7, 11) is 0. The van der Waals surface area contributed by atoms with E-state index in [1.165, 1.54) is 18.2 Å². The summed E-state index contributed by atoms with van der Waals surface area (Å²) in [6.45, 7) is 2.64. The van der Waals surface area contributed by atoms with Gasteiger partial charge in [-0.05, 0) is 67.3 Å². The minimum Gasteiger partial charge on any atom is -0.323 e. The van der Waals surface area contributed by atoms with Crippen LogP contribution in [0.5, 0.6) is 0 Å². The van der Waals surface area contributed by atoms with Crippen molar-refractivity contribution in [2.24, 2.45) is 0 Å². The predicted octanol–water partition coefficient (Wildman–Crippen LogP) is 4.07. The van der Waals surface area contributed by atoms with Crippen molar-refractivity contribution in [3.8, 4) is 0 Å². The first-order chi connectivity index (χ1) is 13.4. The monoisotopic (exact) mass is 379 g/mol. The van der Waals surface area contributed by atoms with Crippen LogP contribution >= 0.6 is 0 Å². The van der Waals surface area contributed by atoms with Gasteiger partial charge in [-0.25, -0.2) is 0 Å². The summed E-state index contributed by atoms with van der Waals surface area (Å²) in [6, 6.07) is 11.4. The summed E-state index contributed by atoms with van der Waals surface area (Å²) in [5.74, 6) is -0.170. The van der Waals surface area contributed by atoms with Crippen molar-refractivity contribution in [1.29, 1.82) is 0 Å². The Morgan fingerprint density at radius 3 is 2.57 bits per heavy atom. The largest absolute Gasteiger partial charge is 0.323 e. The second-order valence-corrected chi connectivity index (χ2v) is 6.67. The van der Waals surface area contributed by atoms with Gasteiger partial charge >= 0.3 is 0 Å². The quantitative estimate of drug-likeness (QED) is 0.481. The number of nitro benzene ring substituents is 1. The number of anilines is 2. The molecule has 1 N–H and O–H groups in total. The second-order valence-electron chi connectivity index (χ2n) is 6.67. The van der Waals surface area contributed by atoms with Crippen molar-refractivity contribution in [3.05, 3.63) is 69.8 Å². The summed E-state index contributed by atoms with van der Waals surface area (Å²) < 4.78 is 0. The van der Waals surface area contributed by atoms with Crippen LogP contribution in [0.1, 0.15) is 30.4 Å². The van der Waals surface area contributed by atoms with Crippen LogP contribution in [-0.4, -0.2) is 23.3 Å². The maximum atomic E-state index is 12.1. The molecule has 0 saturated carbocycles. The first kappa shape index (κ1) is 19.3. The molecule has 1 aliphatic heterocycles. The predicted molar refractivity (Wildman–Crippen MR) is 108 cm³/mol. The highest BCUT2D eigenvalue weighted by molar-refractivity contribution is 6.02. The Kier molecular flexibility index (Phi) is 5.84. The topological polar surface area (TPSA) is 92.5 Å². The van der Waals surface area contributed by atoms with E-state index in [2.05, 4.69) is 5.32 Å². The molecule has 7 heteroatoms. The molecule has 0 unspecified atom stereocenters. The lowest BCUT2D eigenvalue weighted by Gasteiger charge is -2.28. The molecule has 1 saturated heterocycles. The third kappa shape index (κ3) is 4.62. The van der Waals surface area contributed by atoms with E-state index in [9.17, 15) is 19.7 Å². The molecule has 2 aromatic rings. The normalized spacial score (nSPS) is 14.3. The van der Waals surface area contributed by atoms with E-state index in [-0.39, 0.29) is 17.5 Å². The fraction of sp³-hybridized carbons (Fsp3) is 0.238. The lowest BCUT2D eigenvalue weighted by molar-refractivity contribution is -0.384.